The summed E-state index contributed by atoms with van der Waals surface area (Å²) in [6, 6.07) is 0.556. The number of nitrogens with one attached hydrogen (secondary N) is 1. The van der Waals surface area contributed by atoms with E-state index >= 15 is 0 Å². The van der Waals surface area contributed by atoms with E-state index in [1.165, 1.54) is 38.5 Å². The summed E-state index contributed by atoms with van der Waals surface area (Å²) in [4.78, 5) is 7.24. The van der Waals surface area contributed by atoms with Gasteiger partial charge in [-0.15, -0.1) is 24.0 Å². The van der Waals surface area contributed by atoms with Gasteiger partial charge in [0, 0.05) is 25.7 Å². The third-order valence-corrected chi connectivity index (χ3v) is 7.43. The fraction of sp³-hybridized carbons (Fsp3) is 0.941. The Hall–Kier alpha value is -0.0500. The predicted molar refractivity (Wildman–Crippen MR) is 110 cm³/mol. The van der Waals surface area contributed by atoms with E-state index in [2.05, 4.69) is 17.1 Å². The maximum atomic E-state index is 11.6. The molecular formula is C17H32IN3O2S. The van der Waals surface area contributed by atoms with Crippen LogP contribution in [0.15, 0.2) is 4.99 Å². The molecule has 3 aliphatic rings. The van der Waals surface area contributed by atoms with Gasteiger partial charge in [0.1, 0.15) is 0 Å². The maximum Gasteiger partial charge on any atom is 0.194 e. The first-order valence-electron chi connectivity index (χ1n) is 9.28. The fourth-order valence-electron chi connectivity index (χ4n) is 3.94. The maximum absolute atomic E-state index is 11.6. The molecule has 3 rings (SSSR count). The Labute approximate surface area is 164 Å². The van der Waals surface area contributed by atoms with Gasteiger partial charge >= 0.3 is 0 Å². The molecule has 0 amide bonds. The van der Waals surface area contributed by atoms with Crippen molar-refractivity contribution < 1.29 is 8.42 Å². The number of hydrogen-bond donors (Lipinski definition) is 1. The van der Waals surface area contributed by atoms with Gasteiger partial charge in [-0.05, 0) is 43.9 Å². The first-order valence-corrected chi connectivity index (χ1v) is 11.1. The summed E-state index contributed by atoms with van der Waals surface area (Å²) in [5.74, 6) is 2.72. The monoisotopic (exact) mass is 469 g/mol. The molecule has 7 heteroatoms. The Kier molecular flexibility index (Phi) is 7.64. The topological polar surface area (TPSA) is 61.8 Å². The number of guanidine groups is 1. The summed E-state index contributed by atoms with van der Waals surface area (Å²) >= 11 is 0. The zero-order valence-electron chi connectivity index (χ0n) is 14.7. The van der Waals surface area contributed by atoms with Crippen LogP contribution in [-0.4, -0.2) is 56.5 Å². The van der Waals surface area contributed by atoms with Crippen LogP contribution in [0.4, 0.5) is 0 Å². The van der Waals surface area contributed by atoms with Crippen molar-refractivity contribution in [3.63, 3.8) is 0 Å². The highest BCUT2D eigenvalue weighted by atomic mass is 127. The van der Waals surface area contributed by atoms with E-state index in [-0.39, 0.29) is 29.9 Å². The Bertz CT molecular complexity index is 524. The van der Waals surface area contributed by atoms with Gasteiger partial charge in [0.15, 0.2) is 15.8 Å². The van der Waals surface area contributed by atoms with Gasteiger partial charge in [0.2, 0.25) is 0 Å². The Morgan fingerprint density at radius 1 is 1.12 bits per heavy atom. The predicted octanol–water partition coefficient (Wildman–Crippen LogP) is 2.66. The van der Waals surface area contributed by atoms with Gasteiger partial charge in [0.05, 0.1) is 11.5 Å². The van der Waals surface area contributed by atoms with Crippen molar-refractivity contribution in [1.82, 2.24) is 10.2 Å². The molecule has 1 N–H and O–H groups in total. The lowest BCUT2D eigenvalue weighted by atomic mass is 9.99. The minimum absolute atomic E-state index is 0. The molecule has 2 heterocycles. The molecule has 0 aromatic heterocycles. The summed E-state index contributed by atoms with van der Waals surface area (Å²) < 4.78 is 23.3. The first kappa shape index (κ1) is 20.3. The van der Waals surface area contributed by atoms with Crippen LogP contribution in [0.25, 0.3) is 0 Å². The molecule has 24 heavy (non-hydrogen) atoms. The third kappa shape index (κ3) is 5.75. The van der Waals surface area contributed by atoms with Crippen molar-refractivity contribution in [2.24, 2.45) is 16.8 Å². The quantitative estimate of drug-likeness (QED) is 0.392. The van der Waals surface area contributed by atoms with Gasteiger partial charge in [0.25, 0.3) is 0 Å². The number of aliphatic imine (C=N–C) groups is 1. The summed E-state index contributed by atoms with van der Waals surface area (Å²) in [7, 11) is -2.80. The second-order valence-electron chi connectivity index (χ2n) is 7.73. The van der Waals surface area contributed by atoms with E-state index in [0.717, 1.165) is 31.4 Å². The summed E-state index contributed by atoms with van der Waals surface area (Å²) in [5.41, 5.74) is 0. The van der Waals surface area contributed by atoms with E-state index in [0.29, 0.717) is 24.1 Å². The van der Waals surface area contributed by atoms with E-state index in [1.54, 1.807) is 0 Å². The molecule has 1 aliphatic carbocycles. The molecule has 0 spiro atoms. The highest BCUT2D eigenvalue weighted by Gasteiger charge is 2.28. The van der Waals surface area contributed by atoms with Crippen LogP contribution in [0.1, 0.15) is 51.9 Å². The zero-order chi connectivity index (χ0) is 16.3. The number of halogens is 1. The smallest absolute Gasteiger partial charge is 0.194 e. The lowest BCUT2D eigenvalue weighted by Gasteiger charge is -2.34. The van der Waals surface area contributed by atoms with Crippen LogP contribution in [0, 0.1) is 11.8 Å². The van der Waals surface area contributed by atoms with Crippen LogP contribution < -0.4 is 5.32 Å². The normalized spacial score (nSPS) is 28.8. The molecule has 0 aromatic carbocycles. The second kappa shape index (κ2) is 9.05. The van der Waals surface area contributed by atoms with E-state index in [4.69, 9.17) is 4.99 Å². The highest BCUT2D eigenvalue weighted by Crippen LogP contribution is 2.22. The van der Waals surface area contributed by atoms with Crippen molar-refractivity contribution in [2.75, 3.05) is 31.1 Å². The minimum Gasteiger partial charge on any atom is -0.354 e. The van der Waals surface area contributed by atoms with Gasteiger partial charge in [-0.25, -0.2) is 8.42 Å². The Morgan fingerprint density at radius 3 is 2.38 bits per heavy atom. The van der Waals surface area contributed by atoms with E-state index in [1.807, 2.05) is 0 Å². The van der Waals surface area contributed by atoms with Crippen molar-refractivity contribution in [3.05, 3.63) is 0 Å². The van der Waals surface area contributed by atoms with Crippen molar-refractivity contribution in [2.45, 2.75) is 57.9 Å². The molecule has 0 bridgehead atoms. The number of rotatable bonds is 3. The number of hydrogen-bond acceptors (Lipinski definition) is 3. The largest absolute Gasteiger partial charge is 0.354 e. The first-order chi connectivity index (χ1) is 11.0. The average molecular weight is 469 g/mol. The van der Waals surface area contributed by atoms with Crippen LogP contribution in [0.3, 0.4) is 0 Å². The number of likely N-dealkylation sites (tertiary alicyclic amines) is 1. The molecule has 1 saturated carbocycles. The van der Waals surface area contributed by atoms with Gasteiger partial charge in [-0.3, -0.25) is 4.99 Å². The fourth-order valence-corrected chi connectivity index (χ4v) is 5.79. The Morgan fingerprint density at radius 2 is 1.79 bits per heavy atom. The SMILES string of the molecule is CC1CCN(C(=NCC2CCS(=O)(=O)C2)NC2CCCC2)CC1.I. The standard InChI is InChI=1S/C17H31N3O2S.HI/c1-14-6-9-20(10-7-14)17(19-16-4-2-3-5-16)18-12-15-8-11-23(21,22)13-15;/h14-16H,2-13H2,1H3,(H,18,19);1H. The second-order valence-corrected chi connectivity index (χ2v) is 9.96. The van der Waals surface area contributed by atoms with Crippen LogP contribution in [0.5, 0.6) is 0 Å². The minimum atomic E-state index is -2.80. The van der Waals surface area contributed by atoms with Crippen molar-refractivity contribution in [1.29, 1.82) is 0 Å². The van der Waals surface area contributed by atoms with Gasteiger partial charge < -0.3 is 10.2 Å². The van der Waals surface area contributed by atoms with E-state index < -0.39 is 9.84 Å². The third-order valence-electron chi connectivity index (χ3n) is 5.60. The summed E-state index contributed by atoms with van der Waals surface area (Å²) in [6.45, 7) is 5.12. The van der Waals surface area contributed by atoms with Crippen LogP contribution in [-0.2, 0) is 9.84 Å². The molecule has 0 radical (unpaired) electrons. The molecular weight excluding hydrogens is 437 g/mol. The molecule has 2 aliphatic heterocycles. The molecule has 5 nitrogen and oxygen atoms in total. The van der Waals surface area contributed by atoms with Crippen molar-refractivity contribution >= 4 is 39.8 Å². The Balaban J connectivity index is 0.00000208. The molecule has 140 valence electrons. The average Bonchev–Trinajstić information content (AvgIpc) is 3.14. The lowest BCUT2D eigenvalue weighted by molar-refractivity contribution is 0.270. The molecule has 1 atom stereocenters. The number of nitrogens with zero attached hydrogens (tertiary/aromatic N) is 2. The highest BCUT2D eigenvalue weighted by molar-refractivity contribution is 14.0. The molecule has 0 aromatic rings. The van der Waals surface area contributed by atoms with Gasteiger partial charge in [-0.1, -0.05) is 19.8 Å². The van der Waals surface area contributed by atoms with Gasteiger partial charge in [-0.2, -0.15) is 0 Å². The number of sulfone groups is 1. The number of piperidine rings is 1. The summed E-state index contributed by atoms with van der Waals surface area (Å²) in [6.07, 6.45) is 8.32. The van der Waals surface area contributed by atoms with Crippen LogP contribution in [0.2, 0.25) is 0 Å². The summed E-state index contributed by atoms with van der Waals surface area (Å²) in [5, 5.41) is 3.67. The van der Waals surface area contributed by atoms with Crippen LogP contribution >= 0.6 is 24.0 Å². The molecule has 3 fully saturated rings. The zero-order valence-corrected chi connectivity index (χ0v) is 17.9. The van der Waals surface area contributed by atoms with E-state index in [9.17, 15) is 8.42 Å². The molecule has 1 unspecified atom stereocenters. The molecule has 2 saturated heterocycles. The van der Waals surface area contributed by atoms with Crippen molar-refractivity contribution in [3.8, 4) is 0 Å². The lowest BCUT2D eigenvalue weighted by Crippen LogP contribution is -2.48.